The van der Waals surface area contributed by atoms with Gasteiger partial charge in [-0.2, -0.15) is 0 Å². The van der Waals surface area contributed by atoms with Crippen LogP contribution < -0.4 is 5.32 Å². The van der Waals surface area contributed by atoms with Crippen molar-refractivity contribution in [2.45, 2.75) is 45.9 Å². The summed E-state index contributed by atoms with van der Waals surface area (Å²) in [6.07, 6.45) is 3.63. The summed E-state index contributed by atoms with van der Waals surface area (Å²) in [4.78, 5) is 26.8. The molecule has 1 aliphatic heterocycles. The van der Waals surface area contributed by atoms with E-state index < -0.39 is 12.2 Å². The number of rotatable bonds is 4. The molecule has 31 heavy (non-hydrogen) atoms. The van der Waals surface area contributed by atoms with Crippen LogP contribution in [-0.2, 0) is 20.8 Å². The van der Waals surface area contributed by atoms with Crippen LogP contribution in [0.25, 0.3) is 0 Å². The van der Waals surface area contributed by atoms with Crippen molar-refractivity contribution in [2.24, 2.45) is 11.3 Å². The van der Waals surface area contributed by atoms with E-state index in [1.165, 1.54) is 0 Å². The first-order valence-corrected chi connectivity index (χ1v) is 10.7. The quantitative estimate of drug-likeness (QED) is 0.798. The highest BCUT2D eigenvalue weighted by atomic mass is 16.6. The number of hydrogen-bond acceptors (Lipinski definition) is 4. The Morgan fingerprint density at radius 1 is 1.29 bits per heavy atom. The Kier molecular flexibility index (Phi) is 5.52. The summed E-state index contributed by atoms with van der Waals surface area (Å²) in [5.74, 6) is 0.0483. The highest BCUT2D eigenvalue weighted by molar-refractivity contribution is 6.00. The SMILES string of the molecule is CO[C@@H]1C=C2C=C3C(=C(C)C(=O)N3C)C[C@]2(C)[C@@H](C)[C@H]1OC(=O)NCc1ccccc1. The van der Waals surface area contributed by atoms with Crippen molar-refractivity contribution in [1.82, 2.24) is 10.2 Å². The average molecular weight is 423 g/mol. The summed E-state index contributed by atoms with van der Waals surface area (Å²) in [5.41, 5.74) is 4.73. The molecule has 1 heterocycles. The zero-order valence-corrected chi connectivity index (χ0v) is 18.8. The van der Waals surface area contributed by atoms with Crippen molar-refractivity contribution in [2.75, 3.05) is 14.2 Å². The predicted molar refractivity (Wildman–Crippen MR) is 118 cm³/mol. The topological polar surface area (TPSA) is 67.9 Å². The van der Waals surface area contributed by atoms with E-state index in [1.54, 1.807) is 12.0 Å². The normalized spacial score (nSPS) is 29.8. The van der Waals surface area contributed by atoms with Crippen molar-refractivity contribution in [3.05, 3.63) is 70.5 Å². The Morgan fingerprint density at radius 2 is 2.00 bits per heavy atom. The fraction of sp³-hybridized carbons (Fsp3) is 0.440. The van der Waals surface area contributed by atoms with Gasteiger partial charge in [0, 0.05) is 43.3 Å². The summed E-state index contributed by atoms with van der Waals surface area (Å²) in [6, 6.07) is 9.73. The van der Waals surface area contributed by atoms with E-state index in [4.69, 9.17) is 9.47 Å². The van der Waals surface area contributed by atoms with Crippen LogP contribution in [0.2, 0.25) is 0 Å². The Morgan fingerprint density at radius 3 is 2.68 bits per heavy atom. The van der Waals surface area contributed by atoms with Gasteiger partial charge in [0.15, 0.2) is 0 Å². The van der Waals surface area contributed by atoms with E-state index in [2.05, 4.69) is 25.2 Å². The Bertz CT molecular complexity index is 994. The molecule has 0 saturated carbocycles. The second kappa shape index (κ2) is 8.00. The molecule has 1 aromatic rings. The van der Waals surface area contributed by atoms with Crippen molar-refractivity contribution < 1.29 is 19.1 Å². The molecule has 0 unspecified atom stereocenters. The minimum atomic E-state index is -0.457. The first-order chi connectivity index (χ1) is 14.8. The number of benzene rings is 1. The highest BCUT2D eigenvalue weighted by Gasteiger charge is 2.51. The van der Waals surface area contributed by atoms with Crippen LogP contribution in [0.15, 0.2) is 64.9 Å². The van der Waals surface area contributed by atoms with Crippen molar-refractivity contribution in [3.63, 3.8) is 0 Å². The number of likely N-dealkylation sites (N-methyl/N-ethyl adjacent to an activating group) is 1. The van der Waals surface area contributed by atoms with Crippen molar-refractivity contribution in [3.8, 4) is 0 Å². The molecule has 2 amide bonds. The Labute approximate surface area is 183 Å². The molecule has 6 nitrogen and oxygen atoms in total. The molecular weight excluding hydrogens is 392 g/mol. The summed E-state index contributed by atoms with van der Waals surface area (Å²) < 4.78 is 11.6. The minimum absolute atomic E-state index is 0.000895. The molecule has 4 rings (SSSR count). The van der Waals surface area contributed by atoms with Crippen LogP contribution >= 0.6 is 0 Å². The van der Waals surface area contributed by atoms with E-state index in [1.807, 2.05) is 50.4 Å². The molecule has 3 aliphatic rings. The number of nitrogens with zero attached hydrogens (tertiary/aromatic N) is 1. The third-order valence-corrected chi connectivity index (χ3v) is 7.20. The molecule has 6 heteroatoms. The zero-order valence-electron chi connectivity index (χ0n) is 18.8. The van der Waals surface area contributed by atoms with Gasteiger partial charge in [-0.15, -0.1) is 0 Å². The average Bonchev–Trinajstić information content (AvgIpc) is 2.97. The number of fused-ring (bicyclic) bond motifs is 2. The Hall–Kier alpha value is -2.86. The highest BCUT2D eigenvalue weighted by Crippen LogP contribution is 2.54. The first-order valence-electron chi connectivity index (χ1n) is 10.7. The fourth-order valence-corrected chi connectivity index (χ4v) is 4.96. The largest absolute Gasteiger partial charge is 0.443 e. The van der Waals surface area contributed by atoms with Gasteiger partial charge >= 0.3 is 6.09 Å². The van der Waals surface area contributed by atoms with Crippen LogP contribution in [0.4, 0.5) is 4.79 Å². The zero-order chi connectivity index (χ0) is 22.3. The number of ether oxygens (including phenoxy) is 2. The molecule has 0 fully saturated rings. The fourth-order valence-electron chi connectivity index (χ4n) is 4.96. The third-order valence-electron chi connectivity index (χ3n) is 7.20. The molecule has 1 aromatic carbocycles. The van der Waals surface area contributed by atoms with E-state index in [-0.39, 0.29) is 23.3 Å². The molecule has 0 spiro atoms. The molecule has 0 bridgehead atoms. The van der Waals surface area contributed by atoms with Gasteiger partial charge in [-0.1, -0.05) is 44.2 Å². The van der Waals surface area contributed by atoms with Crippen molar-refractivity contribution >= 4 is 12.0 Å². The summed E-state index contributed by atoms with van der Waals surface area (Å²) in [5, 5.41) is 2.84. The van der Waals surface area contributed by atoms with E-state index in [9.17, 15) is 9.59 Å². The smallest absolute Gasteiger partial charge is 0.407 e. The number of hydrogen-bond donors (Lipinski definition) is 1. The van der Waals surface area contributed by atoms with Gasteiger partial charge in [0.2, 0.25) is 0 Å². The monoisotopic (exact) mass is 422 g/mol. The first kappa shape index (κ1) is 21.4. The summed E-state index contributed by atoms with van der Waals surface area (Å²) >= 11 is 0. The van der Waals surface area contributed by atoms with Gasteiger partial charge in [-0.25, -0.2) is 4.79 Å². The molecule has 0 radical (unpaired) electrons. The molecule has 1 N–H and O–H groups in total. The molecule has 2 aliphatic carbocycles. The van der Waals surface area contributed by atoms with E-state index >= 15 is 0 Å². The van der Waals surface area contributed by atoms with Crippen molar-refractivity contribution in [1.29, 1.82) is 0 Å². The lowest BCUT2D eigenvalue weighted by Crippen LogP contribution is -2.50. The molecule has 0 saturated heterocycles. The maximum absolute atomic E-state index is 12.6. The third kappa shape index (κ3) is 3.59. The molecular formula is C25H30N2O4. The molecule has 0 aromatic heterocycles. The van der Waals surface area contributed by atoms with Gasteiger partial charge in [-0.05, 0) is 42.2 Å². The van der Waals surface area contributed by atoms with Crippen LogP contribution in [0.5, 0.6) is 0 Å². The van der Waals surface area contributed by atoms with Gasteiger partial charge in [0.1, 0.15) is 12.2 Å². The number of carbonyl (C=O) groups is 2. The van der Waals surface area contributed by atoms with Crippen LogP contribution in [0.1, 0.15) is 32.8 Å². The van der Waals surface area contributed by atoms with E-state index in [0.717, 1.165) is 34.4 Å². The minimum Gasteiger partial charge on any atom is -0.443 e. The second-order valence-corrected chi connectivity index (χ2v) is 8.91. The number of methoxy groups -OCH3 is 1. The van der Waals surface area contributed by atoms with Gasteiger partial charge < -0.3 is 19.7 Å². The lowest BCUT2D eigenvalue weighted by atomic mass is 9.59. The lowest BCUT2D eigenvalue weighted by molar-refractivity contribution is -0.123. The second-order valence-electron chi connectivity index (χ2n) is 8.91. The van der Waals surface area contributed by atoms with Gasteiger partial charge in [0.25, 0.3) is 5.91 Å². The van der Waals surface area contributed by atoms with Gasteiger partial charge in [0.05, 0.1) is 0 Å². The van der Waals surface area contributed by atoms with Crippen LogP contribution in [-0.4, -0.2) is 43.3 Å². The van der Waals surface area contributed by atoms with Gasteiger partial charge in [-0.3, -0.25) is 4.79 Å². The van der Waals surface area contributed by atoms with Crippen LogP contribution in [0.3, 0.4) is 0 Å². The maximum Gasteiger partial charge on any atom is 0.407 e. The molecule has 4 atom stereocenters. The van der Waals surface area contributed by atoms with E-state index in [0.29, 0.717) is 6.54 Å². The maximum atomic E-state index is 12.6. The molecule has 164 valence electrons. The number of carbonyl (C=O) groups excluding carboxylic acids is 2. The lowest BCUT2D eigenvalue weighted by Gasteiger charge is -2.48. The number of allylic oxidation sites excluding steroid dienone is 3. The number of nitrogens with one attached hydrogen (secondary N) is 1. The standard InChI is InChI=1S/C25H30N2O4/c1-15-19-13-25(3)16(2)22(31-24(29)26-14-17-9-7-6-8-10-17)21(30-5)12-18(25)11-20(19)27(4)23(15)28/h6-12,16,21-22H,13-14H2,1-5H3,(H,26,29)/t16-,21+,22+,25+/m0/s1. The number of alkyl carbamates (subject to hydrolysis) is 1. The number of amides is 2. The Balaban J connectivity index is 1.57. The van der Waals surface area contributed by atoms with Crippen LogP contribution in [0, 0.1) is 11.3 Å². The summed E-state index contributed by atoms with van der Waals surface area (Å²) in [7, 11) is 3.45. The predicted octanol–water partition coefficient (Wildman–Crippen LogP) is 3.95. The summed E-state index contributed by atoms with van der Waals surface area (Å²) in [6.45, 7) is 6.58.